The minimum absolute atomic E-state index is 0. The molecule has 0 saturated heterocycles. The van der Waals surface area contributed by atoms with Gasteiger partial charge in [-0.05, 0) is 36.2 Å². The minimum atomic E-state index is 0. The van der Waals surface area contributed by atoms with Crippen LogP contribution in [0.2, 0.25) is 0 Å². The molecule has 1 aliphatic rings. The zero-order chi connectivity index (χ0) is 13.9. The summed E-state index contributed by atoms with van der Waals surface area (Å²) in [5.41, 5.74) is 3.59. The summed E-state index contributed by atoms with van der Waals surface area (Å²) < 4.78 is 0.122. The van der Waals surface area contributed by atoms with E-state index in [1.54, 1.807) is 11.8 Å². The van der Waals surface area contributed by atoms with Crippen molar-refractivity contribution in [3.05, 3.63) is 29.3 Å². The number of hydrogen-bond donors (Lipinski definition) is 2. The minimum Gasteiger partial charge on any atom is -0.325 e. The van der Waals surface area contributed by atoms with Gasteiger partial charge in [0.15, 0.2) is 0 Å². The zero-order valence-corrected chi connectivity index (χ0v) is 13.9. The van der Waals surface area contributed by atoms with Gasteiger partial charge in [0.05, 0.1) is 5.75 Å². The van der Waals surface area contributed by atoms with E-state index in [0.717, 1.165) is 25.2 Å². The number of hydrogen-bond acceptors (Lipinski definition) is 3. The van der Waals surface area contributed by atoms with Crippen molar-refractivity contribution >= 4 is 35.8 Å². The Labute approximate surface area is 131 Å². The summed E-state index contributed by atoms with van der Waals surface area (Å²) in [7, 11) is 0. The van der Waals surface area contributed by atoms with Crippen LogP contribution in [0.4, 0.5) is 5.69 Å². The van der Waals surface area contributed by atoms with Gasteiger partial charge in [0.25, 0.3) is 0 Å². The summed E-state index contributed by atoms with van der Waals surface area (Å²) in [5.74, 6) is 0.572. The third-order valence-electron chi connectivity index (χ3n) is 3.01. The maximum Gasteiger partial charge on any atom is 0.234 e. The van der Waals surface area contributed by atoms with Crippen LogP contribution in [-0.4, -0.2) is 23.0 Å². The van der Waals surface area contributed by atoms with Crippen LogP contribution in [-0.2, 0) is 17.8 Å². The highest BCUT2D eigenvalue weighted by Crippen LogP contribution is 2.23. The molecule has 1 heterocycles. The van der Waals surface area contributed by atoms with Gasteiger partial charge in [-0.15, -0.1) is 24.2 Å². The van der Waals surface area contributed by atoms with Gasteiger partial charge < -0.3 is 10.6 Å². The molecular formula is C15H23ClN2OS. The van der Waals surface area contributed by atoms with Crippen molar-refractivity contribution in [2.75, 3.05) is 17.6 Å². The third kappa shape index (κ3) is 5.35. The number of anilines is 1. The van der Waals surface area contributed by atoms with Crippen LogP contribution < -0.4 is 10.6 Å². The van der Waals surface area contributed by atoms with E-state index >= 15 is 0 Å². The first kappa shape index (κ1) is 17.3. The van der Waals surface area contributed by atoms with Crippen LogP contribution in [0.3, 0.4) is 0 Å². The molecule has 0 unspecified atom stereocenters. The molecule has 1 aliphatic heterocycles. The van der Waals surface area contributed by atoms with Crippen molar-refractivity contribution in [3.8, 4) is 0 Å². The number of benzene rings is 1. The lowest BCUT2D eigenvalue weighted by molar-refractivity contribution is -0.113. The fourth-order valence-corrected chi connectivity index (χ4v) is 2.67. The maximum absolute atomic E-state index is 11.9. The van der Waals surface area contributed by atoms with Crippen LogP contribution in [0, 0.1) is 0 Å². The summed E-state index contributed by atoms with van der Waals surface area (Å²) in [6.07, 6.45) is 1.07. The van der Waals surface area contributed by atoms with E-state index in [1.807, 2.05) is 6.07 Å². The van der Waals surface area contributed by atoms with Crippen molar-refractivity contribution in [2.24, 2.45) is 0 Å². The summed E-state index contributed by atoms with van der Waals surface area (Å²) in [5, 5.41) is 6.33. The molecule has 20 heavy (non-hydrogen) atoms. The monoisotopic (exact) mass is 314 g/mol. The first-order valence-corrected chi connectivity index (χ1v) is 7.69. The lowest BCUT2D eigenvalue weighted by Gasteiger charge is -2.19. The van der Waals surface area contributed by atoms with E-state index in [9.17, 15) is 4.79 Å². The molecule has 0 atom stereocenters. The second-order valence-corrected chi connectivity index (χ2v) is 7.66. The number of thioether (sulfide) groups is 1. The molecule has 0 radical (unpaired) electrons. The summed E-state index contributed by atoms with van der Waals surface area (Å²) in [4.78, 5) is 11.9. The highest BCUT2D eigenvalue weighted by Gasteiger charge is 2.14. The summed E-state index contributed by atoms with van der Waals surface area (Å²) in [6.45, 7) is 8.30. The molecule has 0 saturated carbocycles. The first-order valence-electron chi connectivity index (χ1n) is 6.70. The zero-order valence-electron chi connectivity index (χ0n) is 12.3. The molecule has 3 nitrogen and oxygen atoms in total. The van der Waals surface area contributed by atoms with Crippen molar-refractivity contribution in [2.45, 2.75) is 38.5 Å². The number of carbonyl (C=O) groups is 1. The molecule has 0 aliphatic carbocycles. The Hall–Kier alpha value is -0.710. The first-order chi connectivity index (χ1) is 8.94. The van der Waals surface area contributed by atoms with E-state index < -0.39 is 0 Å². The molecule has 2 N–H and O–H groups in total. The Morgan fingerprint density at radius 1 is 1.35 bits per heavy atom. The molecule has 0 aromatic heterocycles. The summed E-state index contributed by atoms with van der Waals surface area (Å²) in [6, 6.07) is 6.22. The summed E-state index contributed by atoms with van der Waals surface area (Å²) >= 11 is 1.67. The fraction of sp³-hybridized carbons (Fsp3) is 0.533. The van der Waals surface area contributed by atoms with Gasteiger partial charge in [-0.2, -0.15) is 0 Å². The fourth-order valence-electron chi connectivity index (χ4n) is 2.04. The Morgan fingerprint density at radius 2 is 2.10 bits per heavy atom. The highest BCUT2D eigenvalue weighted by molar-refractivity contribution is 8.01. The van der Waals surface area contributed by atoms with Crippen molar-refractivity contribution in [1.82, 2.24) is 5.32 Å². The lowest BCUT2D eigenvalue weighted by Crippen LogP contribution is -2.24. The molecule has 5 heteroatoms. The lowest BCUT2D eigenvalue weighted by atomic mass is 10.0. The van der Waals surface area contributed by atoms with E-state index in [2.05, 4.69) is 43.5 Å². The number of amides is 1. The van der Waals surface area contributed by atoms with Gasteiger partial charge in [-0.25, -0.2) is 0 Å². The second-order valence-electron chi connectivity index (χ2n) is 5.86. The average Bonchev–Trinajstić information content (AvgIpc) is 2.35. The van der Waals surface area contributed by atoms with Gasteiger partial charge in [0.2, 0.25) is 5.91 Å². The van der Waals surface area contributed by atoms with Gasteiger partial charge in [-0.3, -0.25) is 4.79 Å². The number of carbonyl (C=O) groups excluding carboxylic acids is 1. The number of nitrogens with one attached hydrogen (secondary N) is 2. The Bertz CT molecular complexity index is 471. The van der Waals surface area contributed by atoms with Gasteiger partial charge in [0.1, 0.15) is 0 Å². The molecule has 0 spiro atoms. The van der Waals surface area contributed by atoms with Crippen LogP contribution in [0.15, 0.2) is 18.2 Å². The van der Waals surface area contributed by atoms with E-state index in [0.29, 0.717) is 5.75 Å². The number of fused-ring (bicyclic) bond motifs is 1. The normalized spacial score (nSPS) is 14.2. The predicted octanol–water partition coefficient (Wildman–Crippen LogP) is 3.22. The quantitative estimate of drug-likeness (QED) is 0.900. The molecule has 1 aromatic rings. The Kier molecular flexibility index (Phi) is 6.37. The van der Waals surface area contributed by atoms with Crippen LogP contribution in [0.25, 0.3) is 0 Å². The van der Waals surface area contributed by atoms with Crippen molar-refractivity contribution in [3.63, 3.8) is 0 Å². The van der Waals surface area contributed by atoms with E-state index in [4.69, 9.17) is 0 Å². The molecular weight excluding hydrogens is 292 g/mol. The van der Waals surface area contributed by atoms with Crippen LogP contribution >= 0.6 is 24.2 Å². The Morgan fingerprint density at radius 3 is 2.80 bits per heavy atom. The molecule has 1 amide bonds. The molecule has 112 valence electrons. The second kappa shape index (κ2) is 7.34. The average molecular weight is 315 g/mol. The van der Waals surface area contributed by atoms with Crippen LogP contribution in [0.5, 0.6) is 0 Å². The smallest absolute Gasteiger partial charge is 0.234 e. The highest BCUT2D eigenvalue weighted by atomic mass is 35.5. The van der Waals surface area contributed by atoms with Gasteiger partial charge >= 0.3 is 0 Å². The van der Waals surface area contributed by atoms with Crippen LogP contribution in [0.1, 0.15) is 31.9 Å². The van der Waals surface area contributed by atoms with E-state index in [-0.39, 0.29) is 23.1 Å². The predicted molar refractivity (Wildman–Crippen MR) is 89.9 cm³/mol. The van der Waals surface area contributed by atoms with Gasteiger partial charge in [0, 0.05) is 17.0 Å². The third-order valence-corrected chi connectivity index (χ3v) is 4.29. The number of halogens is 1. The largest absolute Gasteiger partial charge is 0.325 e. The standard InChI is InChI=1S/C15H22N2OS.ClH/c1-15(2,3)19-10-14(18)17-13-5-4-11-6-7-16-9-12(11)8-13;/h4-5,8,16H,6-7,9-10H2,1-3H3,(H,17,18);1H. The van der Waals surface area contributed by atoms with Crippen molar-refractivity contribution < 1.29 is 4.79 Å². The van der Waals surface area contributed by atoms with E-state index in [1.165, 1.54) is 11.1 Å². The Balaban J connectivity index is 0.00000200. The molecule has 0 fully saturated rings. The molecule has 2 rings (SSSR count). The molecule has 1 aromatic carbocycles. The maximum atomic E-state index is 11.9. The van der Waals surface area contributed by atoms with Crippen molar-refractivity contribution in [1.29, 1.82) is 0 Å². The topological polar surface area (TPSA) is 41.1 Å². The molecule has 0 bridgehead atoms. The SMILES string of the molecule is CC(C)(C)SCC(=O)Nc1ccc2c(c1)CNCC2.Cl. The number of rotatable bonds is 3. The van der Waals surface area contributed by atoms with Gasteiger partial charge in [-0.1, -0.05) is 26.8 Å².